The molecule has 3 atom stereocenters. The molecule has 3 unspecified atom stereocenters. The summed E-state index contributed by atoms with van der Waals surface area (Å²) < 4.78 is 5.61. The fourth-order valence-electron chi connectivity index (χ4n) is 6.38. The lowest BCUT2D eigenvalue weighted by Gasteiger charge is -2.19. The van der Waals surface area contributed by atoms with E-state index in [-0.39, 0.29) is 5.97 Å². The summed E-state index contributed by atoms with van der Waals surface area (Å²) in [5.74, 6) is 1.98. The minimum atomic E-state index is -0.218. The number of carbonyl (C=O) groups is 1. The van der Waals surface area contributed by atoms with Crippen LogP contribution in [0.4, 0.5) is 0 Å². The van der Waals surface area contributed by atoms with Crippen LogP contribution in [0.1, 0.15) is 214 Å². The molecule has 0 bridgehead atoms. The Bertz CT molecular complexity index is 582. The van der Waals surface area contributed by atoms with Crippen molar-refractivity contribution in [2.45, 2.75) is 214 Å². The first kappa shape index (κ1) is 41.2. The highest BCUT2D eigenvalue weighted by Gasteiger charge is 2.14. The van der Waals surface area contributed by atoms with Crippen molar-refractivity contribution in [2.75, 3.05) is 6.61 Å². The molecule has 0 aliphatic carbocycles. The van der Waals surface area contributed by atoms with Gasteiger partial charge in [-0.15, -0.1) is 0 Å². The fraction of sp³-hybridized carbons (Fsp3) is 0.925. The highest BCUT2D eigenvalue weighted by atomic mass is 16.5. The molecule has 2 heteroatoms. The molecule has 0 saturated heterocycles. The third kappa shape index (κ3) is 29.3. The number of carbonyl (C=O) groups excluding carboxylic acids is 1. The molecule has 0 radical (unpaired) electrons. The van der Waals surface area contributed by atoms with Crippen LogP contribution in [-0.2, 0) is 9.53 Å². The van der Waals surface area contributed by atoms with Crippen molar-refractivity contribution < 1.29 is 9.53 Å². The van der Waals surface area contributed by atoms with Crippen molar-refractivity contribution in [2.24, 2.45) is 17.8 Å². The van der Waals surface area contributed by atoms with Gasteiger partial charge in [0, 0.05) is 5.57 Å². The summed E-state index contributed by atoms with van der Waals surface area (Å²) in [6.07, 6.45) is 38.6. The lowest BCUT2D eigenvalue weighted by Crippen LogP contribution is -2.15. The van der Waals surface area contributed by atoms with Crippen molar-refractivity contribution in [1.82, 2.24) is 0 Å². The van der Waals surface area contributed by atoms with Gasteiger partial charge in [-0.1, -0.05) is 201 Å². The van der Waals surface area contributed by atoms with E-state index in [0.29, 0.717) is 18.1 Å². The van der Waals surface area contributed by atoms with E-state index < -0.39 is 0 Å². The zero-order valence-electron chi connectivity index (χ0n) is 29.8. The summed E-state index contributed by atoms with van der Waals surface area (Å²) in [4.78, 5) is 12.0. The first-order valence-electron chi connectivity index (χ1n) is 19.2. The molecule has 0 aromatic heterocycles. The monoisotopic (exact) mass is 591 g/mol. The first-order chi connectivity index (χ1) is 20.4. The molecule has 2 nitrogen and oxygen atoms in total. The van der Waals surface area contributed by atoms with Crippen molar-refractivity contribution in [3.63, 3.8) is 0 Å². The molecule has 42 heavy (non-hydrogen) atoms. The van der Waals surface area contributed by atoms with E-state index in [0.717, 1.165) is 11.8 Å². The molecule has 0 N–H and O–H groups in total. The number of esters is 1. The van der Waals surface area contributed by atoms with Crippen LogP contribution >= 0.6 is 0 Å². The summed E-state index contributed by atoms with van der Waals surface area (Å²) in [7, 11) is 0. The second-order valence-corrected chi connectivity index (χ2v) is 14.3. The predicted octanol–water partition coefficient (Wildman–Crippen LogP) is 14.0. The van der Waals surface area contributed by atoms with Crippen LogP contribution < -0.4 is 0 Å². The van der Waals surface area contributed by atoms with Gasteiger partial charge in [0.2, 0.25) is 0 Å². The Morgan fingerprint density at radius 3 is 1.21 bits per heavy atom. The lowest BCUT2D eigenvalue weighted by molar-refractivity contribution is -0.140. The maximum absolute atomic E-state index is 12.0. The third-order valence-electron chi connectivity index (χ3n) is 9.52. The Labute approximate surface area is 266 Å². The topological polar surface area (TPSA) is 26.3 Å². The van der Waals surface area contributed by atoms with Crippen LogP contribution in [0.3, 0.4) is 0 Å². The summed E-state index contributed by atoms with van der Waals surface area (Å²) in [5, 5.41) is 0. The highest BCUT2D eigenvalue weighted by Crippen LogP contribution is 2.24. The van der Waals surface area contributed by atoms with Crippen LogP contribution in [0.25, 0.3) is 0 Å². The maximum atomic E-state index is 12.0. The highest BCUT2D eigenvalue weighted by molar-refractivity contribution is 5.86. The fourth-order valence-corrected chi connectivity index (χ4v) is 6.38. The van der Waals surface area contributed by atoms with E-state index in [1.165, 1.54) is 180 Å². The molecule has 0 aliphatic rings. The molecule has 0 rings (SSSR count). The molecule has 0 aliphatic heterocycles. The number of ether oxygens (including phenoxy) is 1. The Morgan fingerprint density at radius 2 is 0.810 bits per heavy atom. The van der Waals surface area contributed by atoms with Crippen LogP contribution in [0.2, 0.25) is 0 Å². The van der Waals surface area contributed by atoms with Crippen molar-refractivity contribution in [3.8, 4) is 0 Å². The Hall–Kier alpha value is -0.790. The van der Waals surface area contributed by atoms with E-state index in [1.54, 1.807) is 6.92 Å². The maximum Gasteiger partial charge on any atom is 0.333 e. The predicted molar refractivity (Wildman–Crippen MR) is 188 cm³/mol. The van der Waals surface area contributed by atoms with Crippen LogP contribution in [0.5, 0.6) is 0 Å². The molecule has 0 aromatic carbocycles. The van der Waals surface area contributed by atoms with Crippen LogP contribution in [0.15, 0.2) is 12.2 Å². The van der Waals surface area contributed by atoms with Gasteiger partial charge >= 0.3 is 5.97 Å². The van der Waals surface area contributed by atoms with Gasteiger partial charge < -0.3 is 4.74 Å². The van der Waals surface area contributed by atoms with Gasteiger partial charge in [-0.25, -0.2) is 4.79 Å². The minimum Gasteiger partial charge on any atom is -0.462 e. The molecular formula is C40H78O2. The van der Waals surface area contributed by atoms with Gasteiger partial charge in [0.25, 0.3) is 0 Å². The number of rotatable bonds is 33. The summed E-state index contributed by atoms with van der Waals surface area (Å²) in [6.45, 7) is 15.6. The Balaban J connectivity index is 4.00. The number of hydrogen-bond acceptors (Lipinski definition) is 2. The molecule has 0 heterocycles. The molecule has 0 spiro atoms. The van der Waals surface area contributed by atoms with E-state index in [4.69, 9.17) is 4.74 Å². The summed E-state index contributed by atoms with van der Waals surface area (Å²) >= 11 is 0. The van der Waals surface area contributed by atoms with E-state index in [1.807, 2.05) is 0 Å². The Morgan fingerprint density at radius 1 is 0.500 bits per heavy atom. The molecule has 0 aromatic rings. The first-order valence-corrected chi connectivity index (χ1v) is 19.2. The molecule has 0 amide bonds. The van der Waals surface area contributed by atoms with E-state index in [9.17, 15) is 4.79 Å². The zero-order valence-corrected chi connectivity index (χ0v) is 29.8. The van der Waals surface area contributed by atoms with Gasteiger partial charge in [0.15, 0.2) is 0 Å². The second-order valence-electron chi connectivity index (χ2n) is 14.3. The number of hydrogen-bond donors (Lipinski definition) is 0. The zero-order chi connectivity index (χ0) is 31.1. The van der Waals surface area contributed by atoms with E-state index >= 15 is 0 Å². The molecule has 0 fully saturated rings. The van der Waals surface area contributed by atoms with Crippen molar-refractivity contribution >= 4 is 5.97 Å². The van der Waals surface area contributed by atoms with Crippen molar-refractivity contribution in [1.29, 1.82) is 0 Å². The SMILES string of the molecule is C=C(C)C(=O)OCC(CCCCCC(C)CCCCCCCCCCC)CCCC(C)CCCCCCCCCCC. The van der Waals surface area contributed by atoms with Gasteiger partial charge in [0.1, 0.15) is 0 Å². The third-order valence-corrected chi connectivity index (χ3v) is 9.52. The van der Waals surface area contributed by atoms with E-state index in [2.05, 4.69) is 34.3 Å². The average molecular weight is 591 g/mol. The minimum absolute atomic E-state index is 0.218. The molecular weight excluding hydrogens is 512 g/mol. The normalized spacial score (nSPS) is 13.6. The Kier molecular flexibility index (Phi) is 31.0. The lowest BCUT2D eigenvalue weighted by atomic mass is 9.91. The molecule has 250 valence electrons. The van der Waals surface area contributed by atoms with Gasteiger partial charge in [0.05, 0.1) is 6.61 Å². The van der Waals surface area contributed by atoms with Crippen LogP contribution in [0, 0.1) is 17.8 Å². The smallest absolute Gasteiger partial charge is 0.333 e. The quantitative estimate of drug-likeness (QED) is 0.0431. The largest absolute Gasteiger partial charge is 0.462 e. The second kappa shape index (κ2) is 31.6. The van der Waals surface area contributed by atoms with Crippen LogP contribution in [-0.4, -0.2) is 12.6 Å². The number of unbranched alkanes of at least 4 members (excludes halogenated alkanes) is 18. The van der Waals surface area contributed by atoms with Gasteiger partial charge in [-0.05, 0) is 37.5 Å². The average Bonchev–Trinajstić information content (AvgIpc) is 2.97. The standard InChI is InChI=1S/C40H78O2/c1-7-9-11-13-15-17-19-21-24-29-37(5)31-26-23-27-33-39(35-42-40(41)36(3)4)34-28-32-38(6)30-25-22-20-18-16-14-12-10-8-2/h37-39H,3,7-35H2,1-2,4-6H3. The van der Waals surface area contributed by atoms with Crippen molar-refractivity contribution in [3.05, 3.63) is 12.2 Å². The van der Waals surface area contributed by atoms with Gasteiger partial charge in [-0.3, -0.25) is 0 Å². The summed E-state index contributed by atoms with van der Waals surface area (Å²) in [5.41, 5.74) is 0.518. The molecule has 0 saturated carbocycles. The summed E-state index contributed by atoms with van der Waals surface area (Å²) in [6, 6.07) is 0. The van der Waals surface area contributed by atoms with Gasteiger partial charge in [-0.2, -0.15) is 0 Å².